The molecule has 8 heterocycles. The van der Waals surface area contributed by atoms with Crippen molar-refractivity contribution < 1.29 is 19.5 Å². The average molecular weight is 745 g/mol. The number of aromatic nitrogens is 14. The largest absolute Gasteiger partial charge is 0.388 e. The first-order valence-electron chi connectivity index (χ1n) is 18.0. The van der Waals surface area contributed by atoms with Crippen molar-refractivity contribution in [2.45, 2.75) is 117 Å². The molecule has 20 heteroatoms. The molecule has 0 amide bonds. The topological polar surface area (TPSA) is 238 Å². The van der Waals surface area contributed by atoms with Gasteiger partial charge in [0.2, 0.25) is 0 Å². The minimum Gasteiger partial charge on any atom is -0.388 e. The van der Waals surface area contributed by atoms with Gasteiger partial charge in [0.05, 0.1) is 24.3 Å². The van der Waals surface area contributed by atoms with Crippen LogP contribution in [0.3, 0.4) is 0 Å². The van der Waals surface area contributed by atoms with E-state index in [0.717, 1.165) is 0 Å². The van der Waals surface area contributed by atoms with Gasteiger partial charge in [0.15, 0.2) is 34.0 Å². The minimum absolute atomic E-state index is 0.244. The van der Waals surface area contributed by atoms with Crippen molar-refractivity contribution in [3.63, 3.8) is 0 Å². The quantitative estimate of drug-likeness (QED) is 0.249. The van der Waals surface area contributed by atoms with E-state index in [1.54, 1.807) is 9.36 Å². The Morgan fingerprint density at radius 2 is 1.00 bits per heavy atom. The predicted molar refractivity (Wildman–Crippen MR) is 195 cm³/mol. The van der Waals surface area contributed by atoms with Crippen LogP contribution in [0.4, 0.5) is 11.6 Å². The van der Waals surface area contributed by atoms with E-state index in [1.165, 1.54) is 0 Å². The van der Waals surface area contributed by atoms with Crippen molar-refractivity contribution in [3.8, 4) is 0 Å². The van der Waals surface area contributed by atoms with Crippen molar-refractivity contribution in [1.29, 1.82) is 0 Å². The second kappa shape index (κ2) is 13.3. The molecule has 2 fully saturated rings. The lowest BCUT2D eigenvalue weighted by molar-refractivity contribution is 0.0833. The number of β-amino-alcohol motifs (C(OH)–C–C–N with tert-alkyl or cyclic N) is 2. The number of aryl methyl sites for hydroxylation is 2. The summed E-state index contributed by atoms with van der Waals surface area (Å²) in [4.78, 5) is 23.2. The lowest BCUT2D eigenvalue weighted by atomic mass is 9.95. The molecule has 0 unspecified atom stereocenters. The maximum Gasteiger partial charge on any atom is 0.184 e. The molecule has 2 atom stereocenters. The highest BCUT2D eigenvalue weighted by Crippen LogP contribution is 2.33. The zero-order valence-electron chi connectivity index (χ0n) is 32.5. The van der Waals surface area contributed by atoms with Crippen molar-refractivity contribution in [2.24, 2.45) is 0 Å². The third kappa shape index (κ3) is 7.43. The highest BCUT2D eigenvalue weighted by molar-refractivity contribution is 5.84. The van der Waals surface area contributed by atoms with Crippen LogP contribution in [0.5, 0.6) is 0 Å². The standard InChI is InChI=1S/2C17H24N8O2/c2*1-10-11(22-27-21-10)8-25-14-12(20-23-25)13(18-15(19-14)16(2,3)4)24-7-6-17(5,26)9-24/h2*26H,6-9H2,1-5H3/t2*17-/m10/s1. The molecule has 0 saturated carbocycles. The Bertz CT molecular complexity index is 2130. The first-order valence-corrected chi connectivity index (χ1v) is 18.0. The SMILES string of the molecule is Cc1nonc1Cn1nnc2c(N3CC[C@@](C)(O)C3)nc(C(C)(C)C)nc21.Cc1nonc1Cn1nnc2c(N3CC[C@](C)(O)C3)nc(C(C)(C)C)nc21. The Morgan fingerprint density at radius 3 is 1.30 bits per heavy atom. The minimum atomic E-state index is -0.737. The fourth-order valence-electron chi connectivity index (χ4n) is 6.33. The van der Waals surface area contributed by atoms with Crippen LogP contribution in [0.1, 0.15) is 103 Å². The van der Waals surface area contributed by atoms with E-state index in [-0.39, 0.29) is 10.8 Å². The van der Waals surface area contributed by atoms with Crippen molar-refractivity contribution in [1.82, 2.24) is 70.6 Å². The summed E-state index contributed by atoms with van der Waals surface area (Å²) < 4.78 is 12.9. The van der Waals surface area contributed by atoms with E-state index in [0.29, 0.717) is 120 Å². The van der Waals surface area contributed by atoms with Gasteiger partial charge in [-0.05, 0) is 40.5 Å². The van der Waals surface area contributed by atoms with E-state index < -0.39 is 11.2 Å². The smallest absolute Gasteiger partial charge is 0.184 e. The number of nitrogens with zero attached hydrogens (tertiary/aromatic N) is 16. The van der Waals surface area contributed by atoms with E-state index in [4.69, 9.17) is 29.2 Å². The molecule has 6 aromatic heterocycles. The summed E-state index contributed by atoms with van der Waals surface area (Å²) in [6.07, 6.45) is 1.36. The molecule has 0 spiro atoms. The van der Waals surface area contributed by atoms with Gasteiger partial charge in [-0.25, -0.2) is 38.6 Å². The molecule has 20 nitrogen and oxygen atoms in total. The summed E-state index contributed by atoms with van der Waals surface area (Å²) in [6, 6.07) is 0. The Morgan fingerprint density at radius 1 is 0.611 bits per heavy atom. The number of anilines is 2. The van der Waals surface area contributed by atoms with Crippen LogP contribution in [0.25, 0.3) is 22.3 Å². The van der Waals surface area contributed by atoms with Gasteiger partial charge in [-0.3, -0.25) is 0 Å². The second-order valence-electron chi connectivity index (χ2n) is 17.0. The predicted octanol–water partition coefficient (Wildman–Crippen LogP) is 2.44. The molecule has 0 radical (unpaired) electrons. The molecule has 2 saturated heterocycles. The third-order valence-corrected chi connectivity index (χ3v) is 9.62. The van der Waals surface area contributed by atoms with Crippen molar-refractivity contribution in [2.75, 3.05) is 36.0 Å². The van der Waals surface area contributed by atoms with Gasteiger partial charge in [0.25, 0.3) is 0 Å². The van der Waals surface area contributed by atoms with Crippen molar-refractivity contribution in [3.05, 3.63) is 34.4 Å². The molecule has 2 aliphatic heterocycles. The molecule has 6 aromatic rings. The van der Waals surface area contributed by atoms with Gasteiger partial charge in [0.1, 0.15) is 34.4 Å². The Kier molecular flexibility index (Phi) is 9.10. The van der Waals surface area contributed by atoms with E-state index in [9.17, 15) is 10.2 Å². The highest BCUT2D eigenvalue weighted by Gasteiger charge is 2.36. The molecular formula is C34H48N16O4. The van der Waals surface area contributed by atoms with Crippen LogP contribution in [0, 0.1) is 13.8 Å². The summed E-state index contributed by atoms with van der Waals surface area (Å²) in [5.74, 6) is 2.83. The highest BCUT2D eigenvalue weighted by atomic mass is 16.6. The van der Waals surface area contributed by atoms with Gasteiger partial charge in [-0.15, -0.1) is 10.2 Å². The molecule has 54 heavy (non-hydrogen) atoms. The van der Waals surface area contributed by atoms with Crippen LogP contribution in [0.2, 0.25) is 0 Å². The lowest BCUT2D eigenvalue weighted by Gasteiger charge is -2.23. The maximum atomic E-state index is 10.4. The zero-order valence-corrected chi connectivity index (χ0v) is 32.5. The number of aliphatic hydroxyl groups is 2. The number of rotatable bonds is 6. The maximum absolute atomic E-state index is 10.4. The molecule has 0 aromatic carbocycles. The fraction of sp³-hybridized carbons (Fsp3) is 0.647. The molecule has 288 valence electrons. The molecule has 0 bridgehead atoms. The summed E-state index contributed by atoms with van der Waals surface area (Å²) in [5, 5.41) is 53.4. The molecule has 8 rings (SSSR count). The normalized spacial score (nSPS) is 20.7. The molecule has 0 aliphatic carbocycles. The second-order valence-corrected chi connectivity index (χ2v) is 17.0. The molecule has 2 aliphatic rings. The van der Waals surface area contributed by atoms with Gasteiger partial charge < -0.3 is 20.0 Å². The van der Waals surface area contributed by atoms with Crippen LogP contribution in [-0.2, 0) is 23.9 Å². The fourth-order valence-corrected chi connectivity index (χ4v) is 6.33. The van der Waals surface area contributed by atoms with Crippen molar-refractivity contribution >= 4 is 34.0 Å². The first kappa shape index (κ1) is 37.1. The summed E-state index contributed by atoms with van der Waals surface area (Å²) in [7, 11) is 0. The zero-order chi connectivity index (χ0) is 38.8. The lowest BCUT2D eigenvalue weighted by Crippen LogP contribution is -2.31. The van der Waals surface area contributed by atoms with E-state index >= 15 is 0 Å². The van der Waals surface area contributed by atoms with Crippen LogP contribution in [-0.4, -0.2) is 118 Å². The van der Waals surface area contributed by atoms with Gasteiger partial charge in [-0.1, -0.05) is 72.6 Å². The van der Waals surface area contributed by atoms with Gasteiger partial charge in [0, 0.05) is 37.0 Å². The average Bonchev–Trinajstić information content (AvgIpc) is 3.94. The number of hydrogen-bond acceptors (Lipinski definition) is 18. The number of fused-ring (bicyclic) bond motifs is 2. The van der Waals surface area contributed by atoms with Gasteiger partial charge in [-0.2, -0.15) is 0 Å². The number of hydrogen-bond donors (Lipinski definition) is 2. The Labute approximate surface area is 311 Å². The van der Waals surface area contributed by atoms with Gasteiger partial charge >= 0.3 is 0 Å². The van der Waals surface area contributed by atoms with Crippen LogP contribution >= 0.6 is 0 Å². The molecular weight excluding hydrogens is 696 g/mol. The monoisotopic (exact) mass is 744 g/mol. The molecule has 2 N–H and O–H groups in total. The summed E-state index contributed by atoms with van der Waals surface area (Å²) in [6.45, 7) is 22.9. The first-order chi connectivity index (χ1) is 25.3. The Hall–Kier alpha value is -5.24. The third-order valence-electron chi connectivity index (χ3n) is 9.62. The summed E-state index contributed by atoms with van der Waals surface area (Å²) in [5.41, 5.74) is 3.34. The van der Waals surface area contributed by atoms with E-state index in [1.807, 2.05) is 27.7 Å². The summed E-state index contributed by atoms with van der Waals surface area (Å²) >= 11 is 0. The van der Waals surface area contributed by atoms with Crippen LogP contribution in [0.15, 0.2) is 9.26 Å². The Balaban J connectivity index is 0.000000167. The van der Waals surface area contributed by atoms with Crippen LogP contribution < -0.4 is 9.80 Å². The van der Waals surface area contributed by atoms with E-state index in [2.05, 4.69) is 92.6 Å².